The Morgan fingerprint density at radius 3 is 2.83 bits per heavy atom. The molecule has 0 aromatic heterocycles. The standard InChI is InChI=1S/C9H16N2O/c10-5-6-11-7-8-3-1-2-4-9(8)12/h8-9,11-12H,1-4,6-7H2. The molecule has 1 fully saturated rings. The Morgan fingerprint density at radius 2 is 2.17 bits per heavy atom. The molecule has 3 heteroatoms. The summed E-state index contributed by atoms with van der Waals surface area (Å²) in [5, 5.41) is 20.8. The second-order valence-corrected chi connectivity index (χ2v) is 3.40. The van der Waals surface area contributed by atoms with Crippen molar-refractivity contribution in [1.82, 2.24) is 5.32 Å². The fourth-order valence-corrected chi connectivity index (χ4v) is 1.74. The molecule has 1 saturated carbocycles. The van der Waals surface area contributed by atoms with Gasteiger partial charge >= 0.3 is 0 Å². The monoisotopic (exact) mass is 168 g/mol. The van der Waals surface area contributed by atoms with Gasteiger partial charge in [0.1, 0.15) is 0 Å². The average Bonchev–Trinajstić information content (AvgIpc) is 2.09. The zero-order valence-corrected chi connectivity index (χ0v) is 7.29. The molecule has 12 heavy (non-hydrogen) atoms. The first-order valence-electron chi connectivity index (χ1n) is 4.60. The van der Waals surface area contributed by atoms with Crippen LogP contribution in [0, 0.1) is 17.2 Å². The predicted octanol–water partition coefficient (Wildman–Crippen LogP) is 0.651. The van der Waals surface area contributed by atoms with E-state index in [0.717, 1.165) is 25.8 Å². The maximum Gasteiger partial charge on any atom is 0.0841 e. The Labute approximate surface area is 73.4 Å². The zero-order valence-electron chi connectivity index (χ0n) is 7.29. The van der Waals surface area contributed by atoms with E-state index in [1.807, 2.05) is 6.07 Å². The number of hydrogen-bond donors (Lipinski definition) is 2. The van der Waals surface area contributed by atoms with Crippen molar-refractivity contribution in [2.45, 2.75) is 31.8 Å². The molecule has 0 saturated heterocycles. The molecule has 0 aromatic carbocycles. The molecule has 2 unspecified atom stereocenters. The molecule has 0 bridgehead atoms. The van der Waals surface area contributed by atoms with Gasteiger partial charge < -0.3 is 10.4 Å². The topological polar surface area (TPSA) is 56.0 Å². The molecular weight excluding hydrogens is 152 g/mol. The summed E-state index contributed by atoms with van der Waals surface area (Å²) in [5.74, 6) is 0.368. The smallest absolute Gasteiger partial charge is 0.0841 e. The molecule has 0 amide bonds. The van der Waals surface area contributed by atoms with Crippen LogP contribution in [0.5, 0.6) is 0 Å². The first kappa shape index (κ1) is 9.50. The van der Waals surface area contributed by atoms with Crippen molar-refractivity contribution in [2.75, 3.05) is 13.1 Å². The number of nitrogens with zero attached hydrogens (tertiary/aromatic N) is 1. The van der Waals surface area contributed by atoms with Crippen LogP contribution in [0.25, 0.3) is 0 Å². The van der Waals surface area contributed by atoms with Gasteiger partial charge in [0, 0.05) is 6.54 Å². The SMILES string of the molecule is N#CCNCC1CCCCC1O. The lowest BCUT2D eigenvalue weighted by Gasteiger charge is -2.27. The Kier molecular flexibility index (Phi) is 4.06. The molecule has 1 aliphatic rings. The maximum absolute atomic E-state index is 9.55. The van der Waals surface area contributed by atoms with E-state index in [0.29, 0.717) is 12.5 Å². The minimum Gasteiger partial charge on any atom is -0.393 e. The first-order chi connectivity index (χ1) is 5.84. The van der Waals surface area contributed by atoms with Gasteiger partial charge in [-0.05, 0) is 18.8 Å². The van der Waals surface area contributed by atoms with Crippen molar-refractivity contribution >= 4 is 0 Å². The Balaban J connectivity index is 2.16. The van der Waals surface area contributed by atoms with Crippen LogP contribution in [-0.2, 0) is 0 Å². The molecule has 0 aromatic rings. The molecular formula is C9H16N2O. The van der Waals surface area contributed by atoms with Crippen LogP contribution in [0.4, 0.5) is 0 Å². The highest BCUT2D eigenvalue weighted by Crippen LogP contribution is 2.23. The van der Waals surface area contributed by atoms with E-state index in [1.165, 1.54) is 6.42 Å². The van der Waals surface area contributed by atoms with Crippen molar-refractivity contribution in [1.29, 1.82) is 5.26 Å². The predicted molar refractivity (Wildman–Crippen MR) is 46.4 cm³/mol. The lowest BCUT2D eigenvalue weighted by atomic mass is 9.86. The van der Waals surface area contributed by atoms with Crippen molar-refractivity contribution in [3.05, 3.63) is 0 Å². The van der Waals surface area contributed by atoms with E-state index in [2.05, 4.69) is 5.32 Å². The van der Waals surface area contributed by atoms with Gasteiger partial charge in [-0.1, -0.05) is 12.8 Å². The van der Waals surface area contributed by atoms with Crippen molar-refractivity contribution in [3.63, 3.8) is 0 Å². The number of nitriles is 1. The highest BCUT2D eigenvalue weighted by Gasteiger charge is 2.21. The summed E-state index contributed by atoms with van der Waals surface area (Å²) >= 11 is 0. The van der Waals surface area contributed by atoms with Crippen LogP contribution in [-0.4, -0.2) is 24.3 Å². The summed E-state index contributed by atoms with van der Waals surface area (Å²) in [6, 6.07) is 2.03. The van der Waals surface area contributed by atoms with Crippen LogP contribution in [0.1, 0.15) is 25.7 Å². The molecule has 2 atom stereocenters. The number of nitrogens with one attached hydrogen (secondary N) is 1. The van der Waals surface area contributed by atoms with E-state index >= 15 is 0 Å². The molecule has 0 heterocycles. The molecule has 0 aliphatic heterocycles. The van der Waals surface area contributed by atoms with Crippen molar-refractivity contribution in [3.8, 4) is 6.07 Å². The van der Waals surface area contributed by atoms with Gasteiger partial charge in [-0.15, -0.1) is 0 Å². The second-order valence-electron chi connectivity index (χ2n) is 3.40. The summed E-state index contributed by atoms with van der Waals surface area (Å²) in [6.45, 7) is 1.18. The summed E-state index contributed by atoms with van der Waals surface area (Å²) in [7, 11) is 0. The van der Waals surface area contributed by atoms with E-state index in [1.54, 1.807) is 0 Å². The summed E-state index contributed by atoms with van der Waals surface area (Å²) in [5.41, 5.74) is 0. The number of aliphatic hydroxyl groups is 1. The van der Waals surface area contributed by atoms with Crippen molar-refractivity contribution in [2.24, 2.45) is 5.92 Å². The summed E-state index contributed by atoms with van der Waals surface area (Å²) in [6.07, 6.45) is 4.25. The molecule has 2 N–H and O–H groups in total. The van der Waals surface area contributed by atoms with Crippen LogP contribution in [0.3, 0.4) is 0 Å². The highest BCUT2D eigenvalue weighted by atomic mass is 16.3. The third kappa shape index (κ3) is 2.80. The second kappa shape index (κ2) is 5.13. The Morgan fingerprint density at radius 1 is 1.42 bits per heavy atom. The Hall–Kier alpha value is -0.590. The number of aliphatic hydroxyl groups excluding tert-OH is 1. The number of hydrogen-bond acceptors (Lipinski definition) is 3. The minimum absolute atomic E-state index is 0.148. The van der Waals surface area contributed by atoms with E-state index in [4.69, 9.17) is 5.26 Å². The van der Waals surface area contributed by atoms with Gasteiger partial charge in [0.15, 0.2) is 0 Å². The fraction of sp³-hybridized carbons (Fsp3) is 0.889. The molecule has 1 aliphatic carbocycles. The van der Waals surface area contributed by atoms with E-state index in [9.17, 15) is 5.11 Å². The molecule has 3 nitrogen and oxygen atoms in total. The van der Waals surface area contributed by atoms with Gasteiger partial charge in [-0.2, -0.15) is 5.26 Å². The van der Waals surface area contributed by atoms with Crippen LogP contribution >= 0.6 is 0 Å². The molecule has 0 spiro atoms. The largest absolute Gasteiger partial charge is 0.393 e. The normalized spacial score (nSPS) is 29.7. The quantitative estimate of drug-likeness (QED) is 0.480. The van der Waals surface area contributed by atoms with Crippen LogP contribution < -0.4 is 5.32 Å². The minimum atomic E-state index is -0.148. The van der Waals surface area contributed by atoms with E-state index < -0.39 is 0 Å². The first-order valence-corrected chi connectivity index (χ1v) is 4.60. The maximum atomic E-state index is 9.55. The highest BCUT2D eigenvalue weighted by molar-refractivity contribution is 4.79. The van der Waals surface area contributed by atoms with E-state index in [-0.39, 0.29) is 6.10 Å². The zero-order chi connectivity index (χ0) is 8.81. The number of rotatable bonds is 3. The van der Waals surface area contributed by atoms with Crippen LogP contribution in [0.2, 0.25) is 0 Å². The van der Waals surface area contributed by atoms with Gasteiger partial charge in [0.25, 0.3) is 0 Å². The van der Waals surface area contributed by atoms with Crippen LogP contribution in [0.15, 0.2) is 0 Å². The van der Waals surface area contributed by atoms with Crippen molar-refractivity contribution < 1.29 is 5.11 Å². The van der Waals surface area contributed by atoms with Gasteiger partial charge in [0.2, 0.25) is 0 Å². The third-order valence-electron chi connectivity index (χ3n) is 2.48. The molecule has 1 rings (SSSR count). The van der Waals surface area contributed by atoms with Gasteiger partial charge in [-0.25, -0.2) is 0 Å². The Bertz CT molecular complexity index is 164. The molecule has 0 radical (unpaired) electrons. The average molecular weight is 168 g/mol. The third-order valence-corrected chi connectivity index (χ3v) is 2.48. The lowest BCUT2D eigenvalue weighted by molar-refractivity contribution is 0.0702. The van der Waals surface area contributed by atoms with Gasteiger partial charge in [-0.3, -0.25) is 0 Å². The molecule has 68 valence electrons. The van der Waals surface area contributed by atoms with Gasteiger partial charge in [0.05, 0.1) is 18.7 Å². The summed E-state index contributed by atoms with van der Waals surface area (Å²) < 4.78 is 0. The lowest BCUT2D eigenvalue weighted by Crippen LogP contribution is -2.33. The fourth-order valence-electron chi connectivity index (χ4n) is 1.74. The summed E-state index contributed by atoms with van der Waals surface area (Å²) in [4.78, 5) is 0.